The molecule has 1 N–H and O–H groups in total. The molecule has 90 valence electrons. The van der Waals surface area contributed by atoms with Crippen LogP contribution in [0.5, 0.6) is 0 Å². The highest BCUT2D eigenvalue weighted by atomic mass is 79.9. The van der Waals surface area contributed by atoms with Gasteiger partial charge in [-0.25, -0.2) is 4.98 Å². The lowest BCUT2D eigenvalue weighted by atomic mass is 10.3. The highest BCUT2D eigenvalue weighted by molar-refractivity contribution is 9.10. The van der Waals surface area contributed by atoms with E-state index in [0.29, 0.717) is 13.2 Å². The summed E-state index contributed by atoms with van der Waals surface area (Å²) in [6.45, 7) is 3.28. The molecule has 0 amide bonds. The summed E-state index contributed by atoms with van der Waals surface area (Å²) in [5.74, 6) is 0.846. The minimum absolute atomic E-state index is 0.0377. The van der Waals surface area contributed by atoms with Crippen molar-refractivity contribution < 1.29 is 9.47 Å². The van der Waals surface area contributed by atoms with Crippen LogP contribution in [0.2, 0.25) is 0 Å². The summed E-state index contributed by atoms with van der Waals surface area (Å²) < 4.78 is 11.3. The van der Waals surface area contributed by atoms with Gasteiger partial charge in [-0.1, -0.05) is 0 Å². The van der Waals surface area contributed by atoms with Gasteiger partial charge in [-0.05, 0) is 34.5 Å². The molecule has 5 heteroatoms. The smallest absolute Gasteiger partial charge is 0.126 e. The van der Waals surface area contributed by atoms with Crippen LogP contribution in [-0.4, -0.2) is 38.5 Å². The van der Waals surface area contributed by atoms with E-state index in [-0.39, 0.29) is 6.10 Å². The second kappa shape index (κ2) is 6.83. The van der Waals surface area contributed by atoms with Crippen molar-refractivity contribution in [2.75, 3.05) is 32.7 Å². The number of aromatic nitrogens is 1. The first kappa shape index (κ1) is 13.4. The fraction of sp³-hybridized carbons (Fsp3) is 0.545. The predicted molar refractivity (Wildman–Crippen MR) is 67.8 cm³/mol. The number of anilines is 1. The fourth-order valence-corrected chi connectivity index (χ4v) is 1.47. The van der Waals surface area contributed by atoms with Crippen LogP contribution in [0.3, 0.4) is 0 Å². The molecule has 0 saturated carbocycles. The third-order valence-electron chi connectivity index (χ3n) is 2.24. The van der Waals surface area contributed by atoms with Crippen LogP contribution >= 0.6 is 15.9 Å². The Bertz CT molecular complexity index is 334. The number of methoxy groups -OCH3 is 2. The second-order valence-electron chi connectivity index (χ2n) is 3.51. The number of halogens is 1. The van der Waals surface area contributed by atoms with Gasteiger partial charge in [0, 0.05) is 31.4 Å². The molecule has 0 aliphatic rings. The minimum atomic E-state index is 0.0377. The molecule has 0 aliphatic heterocycles. The quantitative estimate of drug-likeness (QED) is 0.872. The van der Waals surface area contributed by atoms with E-state index >= 15 is 0 Å². The van der Waals surface area contributed by atoms with Gasteiger partial charge in [-0.15, -0.1) is 0 Å². The molecule has 0 fully saturated rings. The van der Waals surface area contributed by atoms with E-state index in [0.717, 1.165) is 15.9 Å². The van der Waals surface area contributed by atoms with Crippen molar-refractivity contribution in [1.29, 1.82) is 0 Å². The standard InChI is InChI=1S/C11H17BrN2O2/c1-8-4-11(14-6-10(8)12)13-5-9(16-3)7-15-2/h4,6,9H,5,7H2,1-3H3,(H,13,14). The molecule has 0 radical (unpaired) electrons. The van der Waals surface area contributed by atoms with Crippen LogP contribution < -0.4 is 5.32 Å². The maximum absolute atomic E-state index is 5.24. The van der Waals surface area contributed by atoms with Crippen molar-refractivity contribution in [3.63, 3.8) is 0 Å². The maximum Gasteiger partial charge on any atom is 0.126 e. The molecule has 0 saturated heterocycles. The molecule has 16 heavy (non-hydrogen) atoms. The molecule has 0 bridgehead atoms. The number of nitrogens with zero attached hydrogens (tertiary/aromatic N) is 1. The van der Waals surface area contributed by atoms with Gasteiger partial charge in [-0.3, -0.25) is 0 Å². The number of pyridine rings is 1. The lowest BCUT2D eigenvalue weighted by molar-refractivity contribution is 0.0365. The van der Waals surface area contributed by atoms with E-state index in [1.165, 1.54) is 0 Å². The fourth-order valence-electron chi connectivity index (χ4n) is 1.25. The summed E-state index contributed by atoms with van der Waals surface area (Å²) in [5.41, 5.74) is 1.15. The Kier molecular flexibility index (Phi) is 5.73. The molecule has 1 aromatic heterocycles. The largest absolute Gasteiger partial charge is 0.382 e. The molecule has 0 aromatic carbocycles. The van der Waals surface area contributed by atoms with Crippen molar-refractivity contribution in [2.24, 2.45) is 0 Å². The summed E-state index contributed by atoms with van der Waals surface area (Å²) >= 11 is 3.41. The zero-order valence-electron chi connectivity index (χ0n) is 9.79. The zero-order valence-corrected chi connectivity index (χ0v) is 11.4. The van der Waals surface area contributed by atoms with Crippen molar-refractivity contribution in [2.45, 2.75) is 13.0 Å². The molecule has 4 nitrogen and oxygen atoms in total. The Morgan fingerprint density at radius 2 is 2.25 bits per heavy atom. The number of nitrogens with one attached hydrogen (secondary N) is 1. The molecule has 1 aromatic rings. The van der Waals surface area contributed by atoms with Gasteiger partial charge in [-0.2, -0.15) is 0 Å². The Morgan fingerprint density at radius 1 is 1.50 bits per heavy atom. The molecule has 0 spiro atoms. The van der Waals surface area contributed by atoms with Gasteiger partial charge in [0.15, 0.2) is 0 Å². The summed E-state index contributed by atoms with van der Waals surface area (Å²) in [5, 5.41) is 3.21. The van der Waals surface area contributed by atoms with Crippen molar-refractivity contribution in [3.05, 3.63) is 22.3 Å². The molecule has 1 unspecified atom stereocenters. The normalized spacial score (nSPS) is 12.5. The summed E-state index contributed by atoms with van der Waals surface area (Å²) in [6, 6.07) is 1.99. The molecule has 1 heterocycles. The first-order valence-electron chi connectivity index (χ1n) is 5.05. The zero-order chi connectivity index (χ0) is 12.0. The third-order valence-corrected chi connectivity index (χ3v) is 3.07. The van der Waals surface area contributed by atoms with Crippen molar-refractivity contribution in [3.8, 4) is 0 Å². The Morgan fingerprint density at radius 3 is 2.81 bits per heavy atom. The SMILES string of the molecule is COCC(CNc1cc(C)c(Br)cn1)OC. The average Bonchev–Trinajstić information content (AvgIpc) is 2.28. The molecule has 1 rings (SSSR count). The van der Waals surface area contributed by atoms with Gasteiger partial charge >= 0.3 is 0 Å². The Hall–Kier alpha value is -0.650. The van der Waals surface area contributed by atoms with E-state index in [2.05, 4.69) is 26.2 Å². The minimum Gasteiger partial charge on any atom is -0.382 e. The van der Waals surface area contributed by atoms with Gasteiger partial charge in [0.2, 0.25) is 0 Å². The molecular weight excluding hydrogens is 272 g/mol. The Balaban J connectivity index is 2.50. The summed E-state index contributed by atoms with van der Waals surface area (Å²) in [6.07, 6.45) is 1.83. The molecular formula is C11H17BrN2O2. The summed E-state index contributed by atoms with van der Waals surface area (Å²) in [4.78, 5) is 4.25. The second-order valence-corrected chi connectivity index (χ2v) is 4.37. The topological polar surface area (TPSA) is 43.4 Å². The monoisotopic (exact) mass is 288 g/mol. The molecule has 1 atom stereocenters. The maximum atomic E-state index is 5.24. The van der Waals surface area contributed by atoms with E-state index in [1.54, 1.807) is 20.4 Å². The number of rotatable bonds is 6. The van der Waals surface area contributed by atoms with Gasteiger partial charge in [0.05, 0.1) is 12.7 Å². The average molecular weight is 289 g/mol. The van der Waals surface area contributed by atoms with Crippen molar-refractivity contribution in [1.82, 2.24) is 4.98 Å². The van der Waals surface area contributed by atoms with E-state index in [1.807, 2.05) is 13.0 Å². The Labute approximate surface area is 104 Å². The third kappa shape index (κ3) is 4.08. The van der Waals surface area contributed by atoms with Crippen LogP contribution in [0.4, 0.5) is 5.82 Å². The number of ether oxygens (including phenoxy) is 2. The van der Waals surface area contributed by atoms with E-state index < -0.39 is 0 Å². The highest BCUT2D eigenvalue weighted by Gasteiger charge is 2.07. The first-order chi connectivity index (χ1) is 7.67. The van der Waals surface area contributed by atoms with Crippen LogP contribution in [0.1, 0.15) is 5.56 Å². The van der Waals surface area contributed by atoms with Crippen LogP contribution in [-0.2, 0) is 9.47 Å². The van der Waals surface area contributed by atoms with E-state index in [4.69, 9.17) is 9.47 Å². The highest BCUT2D eigenvalue weighted by Crippen LogP contribution is 2.17. The van der Waals surface area contributed by atoms with Crippen molar-refractivity contribution >= 4 is 21.7 Å². The van der Waals surface area contributed by atoms with Gasteiger partial charge in [0.1, 0.15) is 5.82 Å². The molecule has 0 aliphatic carbocycles. The van der Waals surface area contributed by atoms with Crippen LogP contribution in [0, 0.1) is 6.92 Å². The predicted octanol–water partition coefficient (Wildman–Crippen LogP) is 2.23. The first-order valence-corrected chi connectivity index (χ1v) is 5.84. The number of hydrogen-bond acceptors (Lipinski definition) is 4. The summed E-state index contributed by atoms with van der Waals surface area (Å²) in [7, 11) is 3.33. The van der Waals surface area contributed by atoms with Crippen LogP contribution in [0.25, 0.3) is 0 Å². The van der Waals surface area contributed by atoms with Gasteiger partial charge < -0.3 is 14.8 Å². The number of hydrogen-bond donors (Lipinski definition) is 1. The number of aryl methyl sites for hydroxylation is 1. The lowest BCUT2D eigenvalue weighted by Gasteiger charge is -2.15. The van der Waals surface area contributed by atoms with Crippen LogP contribution in [0.15, 0.2) is 16.7 Å². The van der Waals surface area contributed by atoms with Gasteiger partial charge in [0.25, 0.3) is 0 Å². The van der Waals surface area contributed by atoms with E-state index in [9.17, 15) is 0 Å². The lowest BCUT2D eigenvalue weighted by Crippen LogP contribution is -2.26.